The maximum atomic E-state index is 9.91. The smallest absolute Gasteiger partial charge is 0.138 e. The molecule has 20 heavy (non-hydrogen) atoms. The second-order valence-electron chi connectivity index (χ2n) is 4.68. The molecule has 0 spiro atoms. The lowest BCUT2D eigenvalue weighted by atomic mass is 10.2. The van der Waals surface area contributed by atoms with Crippen molar-refractivity contribution in [3.05, 3.63) is 48.3 Å². The first-order valence-electron chi connectivity index (χ1n) is 6.34. The molecule has 1 unspecified atom stereocenters. The zero-order valence-corrected chi connectivity index (χ0v) is 11.1. The molecular formula is C14H15N5O. The van der Waals surface area contributed by atoms with Crippen molar-refractivity contribution in [3.8, 4) is 0 Å². The van der Waals surface area contributed by atoms with E-state index in [4.69, 9.17) is 5.73 Å². The Morgan fingerprint density at radius 1 is 1.35 bits per heavy atom. The average molecular weight is 269 g/mol. The van der Waals surface area contributed by atoms with Crippen molar-refractivity contribution in [1.29, 1.82) is 0 Å². The summed E-state index contributed by atoms with van der Waals surface area (Å²) in [6.45, 7) is 2.23. The van der Waals surface area contributed by atoms with E-state index in [1.807, 2.05) is 22.8 Å². The molecule has 0 amide bonds. The van der Waals surface area contributed by atoms with E-state index in [9.17, 15) is 5.11 Å². The number of nitrogen functional groups attached to an aromatic ring is 1. The maximum absolute atomic E-state index is 9.91. The molecule has 3 N–H and O–H groups in total. The van der Waals surface area contributed by atoms with Crippen LogP contribution in [-0.4, -0.2) is 24.6 Å². The van der Waals surface area contributed by atoms with Gasteiger partial charge >= 0.3 is 0 Å². The summed E-state index contributed by atoms with van der Waals surface area (Å²) < 4.78 is 1.95. The van der Waals surface area contributed by atoms with Gasteiger partial charge < -0.3 is 15.4 Å². The summed E-state index contributed by atoms with van der Waals surface area (Å²) >= 11 is 0. The summed E-state index contributed by atoms with van der Waals surface area (Å²) in [6, 6.07) is 7.38. The number of nitrogens with two attached hydrogens (primary N) is 1. The third kappa shape index (κ3) is 2.21. The molecule has 0 bridgehead atoms. The number of fused-ring (bicyclic) bond motifs is 1. The topological polar surface area (TPSA) is 89.8 Å². The number of imidazole rings is 1. The van der Waals surface area contributed by atoms with E-state index in [2.05, 4.69) is 15.0 Å². The van der Waals surface area contributed by atoms with Gasteiger partial charge in [0.25, 0.3) is 0 Å². The van der Waals surface area contributed by atoms with Crippen LogP contribution in [0.15, 0.2) is 36.8 Å². The first kappa shape index (κ1) is 12.6. The van der Waals surface area contributed by atoms with Gasteiger partial charge in [0, 0.05) is 11.9 Å². The fourth-order valence-electron chi connectivity index (χ4n) is 2.22. The highest BCUT2D eigenvalue weighted by Crippen LogP contribution is 2.23. The molecule has 1 aromatic carbocycles. The molecule has 6 nitrogen and oxygen atoms in total. The number of aromatic nitrogens is 4. The zero-order valence-electron chi connectivity index (χ0n) is 11.1. The van der Waals surface area contributed by atoms with Crippen LogP contribution in [0.5, 0.6) is 0 Å². The summed E-state index contributed by atoms with van der Waals surface area (Å²) in [7, 11) is 0. The molecule has 3 aromatic rings. The number of nitrogens with zero attached hydrogens (tertiary/aromatic N) is 4. The van der Waals surface area contributed by atoms with Crippen LogP contribution in [0.3, 0.4) is 0 Å². The van der Waals surface area contributed by atoms with E-state index in [1.54, 1.807) is 19.2 Å². The number of hydrogen-bond acceptors (Lipinski definition) is 5. The van der Waals surface area contributed by atoms with E-state index in [0.29, 0.717) is 18.1 Å². The summed E-state index contributed by atoms with van der Waals surface area (Å²) in [5, 5.41) is 9.91. The molecule has 102 valence electrons. The number of aliphatic hydroxyl groups excluding tert-OH is 1. The molecule has 0 fully saturated rings. The van der Waals surface area contributed by atoms with Gasteiger partial charge in [0.15, 0.2) is 0 Å². The van der Waals surface area contributed by atoms with Crippen molar-refractivity contribution in [2.24, 2.45) is 0 Å². The van der Waals surface area contributed by atoms with Gasteiger partial charge in [0.1, 0.15) is 18.3 Å². The fraction of sp³-hybridized carbons (Fsp3) is 0.214. The molecule has 2 heterocycles. The molecule has 0 saturated carbocycles. The van der Waals surface area contributed by atoms with Gasteiger partial charge in [0.2, 0.25) is 0 Å². The maximum Gasteiger partial charge on any atom is 0.138 e. The number of aliphatic hydroxyl groups is 1. The van der Waals surface area contributed by atoms with Gasteiger partial charge in [-0.1, -0.05) is 0 Å². The van der Waals surface area contributed by atoms with E-state index >= 15 is 0 Å². The van der Waals surface area contributed by atoms with Gasteiger partial charge in [0.05, 0.1) is 23.3 Å². The first-order chi connectivity index (χ1) is 9.65. The number of rotatable bonds is 3. The molecule has 0 aliphatic heterocycles. The Morgan fingerprint density at radius 2 is 2.20 bits per heavy atom. The molecule has 1 atom stereocenters. The van der Waals surface area contributed by atoms with Crippen LogP contribution in [0.4, 0.5) is 5.69 Å². The van der Waals surface area contributed by atoms with Crippen molar-refractivity contribution in [2.45, 2.75) is 19.6 Å². The largest absolute Gasteiger partial charge is 0.399 e. The Balaban J connectivity index is 2.14. The second-order valence-corrected chi connectivity index (χ2v) is 4.68. The zero-order chi connectivity index (χ0) is 14.1. The Bertz CT molecular complexity index is 736. The summed E-state index contributed by atoms with van der Waals surface area (Å²) in [5.41, 5.74) is 8.99. The van der Waals surface area contributed by atoms with Crippen molar-refractivity contribution < 1.29 is 5.11 Å². The van der Waals surface area contributed by atoms with Gasteiger partial charge in [-0.25, -0.2) is 15.0 Å². The summed E-state index contributed by atoms with van der Waals surface area (Å²) in [4.78, 5) is 12.6. The van der Waals surface area contributed by atoms with Crippen LogP contribution in [-0.2, 0) is 6.54 Å². The molecule has 6 heteroatoms. The first-order valence-corrected chi connectivity index (χ1v) is 6.34. The standard InChI is InChI=1S/C14H15N5O/c1-9(20)14-18-12-6-10(15)2-3-13(12)19(14)7-11-4-5-16-8-17-11/h2-6,8-9,20H,7,15H2,1H3. The van der Waals surface area contributed by atoms with E-state index < -0.39 is 6.10 Å². The molecular weight excluding hydrogens is 254 g/mol. The van der Waals surface area contributed by atoms with Crippen LogP contribution >= 0.6 is 0 Å². The van der Waals surface area contributed by atoms with Crippen molar-refractivity contribution >= 4 is 16.7 Å². The summed E-state index contributed by atoms with van der Waals surface area (Å²) in [6.07, 6.45) is 2.54. The number of hydrogen-bond donors (Lipinski definition) is 2. The normalized spacial score (nSPS) is 12.7. The highest BCUT2D eigenvalue weighted by Gasteiger charge is 2.15. The van der Waals surface area contributed by atoms with Crippen LogP contribution in [0.2, 0.25) is 0 Å². The highest BCUT2D eigenvalue weighted by atomic mass is 16.3. The minimum absolute atomic E-state index is 0.531. The lowest BCUT2D eigenvalue weighted by molar-refractivity contribution is 0.185. The lowest BCUT2D eigenvalue weighted by Crippen LogP contribution is -2.09. The molecule has 0 radical (unpaired) electrons. The predicted octanol–water partition coefficient (Wildman–Crippen LogP) is 1.51. The van der Waals surface area contributed by atoms with Crippen LogP contribution in [0, 0.1) is 0 Å². The van der Waals surface area contributed by atoms with Gasteiger partial charge in [-0.05, 0) is 31.2 Å². The Hall–Kier alpha value is -2.47. The molecule has 2 aromatic heterocycles. The van der Waals surface area contributed by atoms with Crippen LogP contribution < -0.4 is 5.73 Å². The van der Waals surface area contributed by atoms with Crippen molar-refractivity contribution in [2.75, 3.05) is 5.73 Å². The molecule has 0 saturated heterocycles. The Labute approximate surface area is 115 Å². The number of benzene rings is 1. The molecule has 3 rings (SSSR count). The molecule has 0 aliphatic carbocycles. The highest BCUT2D eigenvalue weighted by molar-refractivity contribution is 5.79. The van der Waals surface area contributed by atoms with Crippen molar-refractivity contribution in [3.63, 3.8) is 0 Å². The Morgan fingerprint density at radius 3 is 2.90 bits per heavy atom. The van der Waals surface area contributed by atoms with E-state index in [-0.39, 0.29) is 0 Å². The van der Waals surface area contributed by atoms with Crippen LogP contribution in [0.1, 0.15) is 24.5 Å². The van der Waals surface area contributed by atoms with Gasteiger partial charge in [-0.2, -0.15) is 0 Å². The Kier molecular flexibility index (Phi) is 3.08. The second kappa shape index (κ2) is 4.90. The average Bonchev–Trinajstić information content (AvgIpc) is 2.78. The van der Waals surface area contributed by atoms with E-state index in [1.165, 1.54) is 6.33 Å². The van der Waals surface area contributed by atoms with Crippen molar-refractivity contribution in [1.82, 2.24) is 19.5 Å². The lowest BCUT2D eigenvalue weighted by Gasteiger charge is -2.10. The van der Waals surface area contributed by atoms with Crippen LogP contribution in [0.25, 0.3) is 11.0 Å². The monoisotopic (exact) mass is 269 g/mol. The minimum Gasteiger partial charge on any atom is -0.399 e. The minimum atomic E-state index is -0.662. The predicted molar refractivity (Wildman–Crippen MR) is 75.9 cm³/mol. The fourth-order valence-corrected chi connectivity index (χ4v) is 2.22. The quantitative estimate of drug-likeness (QED) is 0.703. The SMILES string of the molecule is CC(O)c1nc2cc(N)ccc2n1Cc1ccncn1. The third-order valence-corrected chi connectivity index (χ3v) is 3.14. The van der Waals surface area contributed by atoms with Gasteiger partial charge in [-0.3, -0.25) is 0 Å². The summed E-state index contributed by atoms with van der Waals surface area (Å²) in [5.74, 6) is 0.601. The van der Waals surface area contributed by atoms with E-state index in [0.717, 1.165) is 16.7 Å². The number of anilines is 1. The molecule has 0 aliphatic rings. The van der Waals surface area contributed by atoms with Gasteiger partial charge in [-0.15, -0.1) is 0 Å². The third-order valence-electron chi connectivity index (χ3n) is 3.14.